The summed E-state index contributed by atoms with van der Waals surface area (Å²) in [7, 11) is 0. The molecule has 0 aliphatic carbocycles. The smallest absolute Gasteiger partial charge is 0.271 e. The van der Waals surface area contributed by atoms with Crippen LogP contribution in [0.1, 0.15) is 15.9 Å². The molecule has 0 atom stereocenters. The van der Waals surface area contributed by atoms with Crippen molar-refractivity contribution in [3.63, 3.8) is 0 Å². The van der Waals surface area contributed by atoms with Crippen molar-refractivity contribution in [2.45, 2.75) is 0 Å². The number of hydrogen-bond donors (Lipinski definition) is 2. The van der Waals surface area contributed by atoms with Crippen LogP contribution in [0.2, 0.25) is 0 Å². The van der Waals surface area contributed by atoms with Gasteiger partial charge in [-0.1, -0.05) is 34.1 Å². The Morgan fingerprint density at radius 3 is 2.81 bits per heavy atom. The summed E-state index contributed by atoms with van der Waals surface area (Å²) in [4.78, 5) is 15.0. The number of aromatic nitrogens is 1. The molecule has 3 rings (SSSR count). The van der Waals surface area contributed by atoms with Crippen LogP contribution in [0.3, 0.4) is 0 Å². The van der Waals surface area contributed by atoms with Crippen LogP contribution in [0, 0.1) is 0 Å². The minimum absolute atomic E-state index is 0.229. The molecule has 0 bridgehead atoms. The van der Waals surface area contributed by atoms with Crippen molar-refractivity contribution in [1.82, 2.24) is 10.4 Å². The number of carbonyl (C=O) groups is 1. The number of halogens is 1. The highest BCUT2D eigenvalue weighted by Crippen LogP contribution is 2.21. The first kappa shape index (κ1) is 13.6. The lowest BCUT2D eigenvalue weighted by Crippen LogP contribution is -2.17. The molecule has 5 heteroatoms. The lowest BCUT2D eigenvalue weighted by atomic mass is 10.2. The number of rotatable bonds is 3. The molecule has 0 radical (unpaired) electrons. The van der Waals surface area contributed by atoms with E-state index < -0.39 is 0 Å². The molecule has 0 saturated carbocycles. The molecule has 4 nitrogen and oxygen atoms in total. The molecule has 0 aliphatic heterocycles. The SMILES string of the molecule is O=C(N/N=C/c1c[nH]c2ccc(Br)cc12)c1ccccc1. The molecular weight excluding hydrogens is 330 g/mol. The van der Waals surface area contributed by atoms with E-state index in [0.717, 1.165) is 20.9 Å². The second-order valence-corrected chi connectivity index (χ2v) is 5.41. The van der Waals surface area contributed by atoms with Crippen molar-refractivity contribution < 1.29 is 4.79 Å². The number of carbonyl (C=O) groups excluding carboxylic acids is 1. The van der Waals surface area contributed by atoms with Gasteiger partial charge in [-0.15, -0.1) is 0 Å². The number of fused-ring (bicyclic) bond motifs is 1. The first-order valence-electron chi connectivity index (χ1n) is 6.39. The fourth-order valence-electron chi connectivity index (χ4n) is 2.04. The molecular formula is C16H12BrN3O. The van der Waals surface area contributed by atoms with Gasteiger partial charge in [-0.05, 0) is 30.3 Å². The molecule has 0 unspecified atom stereocenters. The van der Waals surface area contributed by atoms with Crippen LogP contribution in [0.15, 0.2) is 64.3 Å². The summed E-state index contributed by atoms with van der Waals surface area (Å²) in [5.74, 6) is -0.229. The lowest BCUT2D eigenvalue weighted by Gasteiger charge is -1.98. The van der Waals surface area contributed by atoms with Crippen molar-refractivity contribution in [2.75, 3.05) is 0 Å². The molecule has 1 aromatic heterocycles. The minimum Gasteiger partial charge on any atom is -0.361 e. The second-order valence-electron chi connectivity index (χ2n) is 4.50. The number of amides is 1. The maximum absolute atomic E-state index is 11.9. The van der Waals surface area contributed by atoms with Crippen molar-refractivity contribution in [3.05, 3.63) is 70.3 Å². The molecule has 2 aromatic carbocycles. The molecule has 0 saturated heterocycles. The van der Waals surface area contributed by atoms with Gasteiger partial charge >= 0.3 is 0 Å². The Morgan fingerprint density at radius 1 is 1.19 bits per heavy atom. The third-order valence-electron chi connectivity index (χ3n) is 3.08. The van der Waals surface area contributed by atoms with Gasteiger partial charge in [0.05, 0.1) is 6.21 Å². The molecule has 1 heterocycles. The monoisotopic (exact) mass is 341 g/mol. The third kappa shape index (κ3) is 3.03. The highest BCUT2D eigenvalue weighted by atomic mass is 79.9. The molecule has 0 spiro atoms. The largest absolute Gasteiger partial charge is 0.361 e. The number of benzene rings is 2. The summed E-state index contributed by atoms with van der Waals surface area (Å²) >= 11 is 3.45. The van der Waals surface area contributed by atoms with Crippen molar-refractivity contribution >= 4 is 39.0 Å². The zero-order chi connectivity index (χ0) is 14.7. The first-order valence-corrected chi connectivity index (χ1v) is 7.18. The quantitative estimate of drug-likeness (QED) is 0.553. The maximum atomic E-state index is 11.9. The maximum Gasteiger partial charge on any atom is 0.271 e. The van der Waals surface area contributed by atoms with E-state index in [4.69, 9.17) is 0 Å². The highest BCUT2D eigenvalue weighted by Gasteiger charge is 2.04. The van der Waals surface area contributed by atoms with Gasteiger partial charge in [0.15, 0.2) is 0 Å². The molecule has 21 heavy (non-hydrogen) atoms. The van der Waals surface area contributed by atoms with Crippen LogP contribution in [-0.4, -0.2) is 17.1 Å². The van der Waals surface area contributed by atoms with Gasteiger partial charge in [-0.25, -0.2) is 5.43 Å². The van der Waals surface area contributed by atoms with E-state index in [0.29, 0.717) is 5.56 Å². The van der Waals surface area contributed by atoms with Crippen molar-refractivity contribution in [2.24, 2.45) is 5.10 Å². The van der Waals surface area contributed by atoms with Crippen LogP contribution in [-0.2, 0) is 0 Å². The van der Waals surface area contributed by atoms with E-state index in [1.54, 1.807) is 18.3 Å². The number of aromatic amines is 1. The van der Waals surface area contributed by atoms with Crippen LogP contribution in [0.4, 0.5) is 0 Å². The number of nitrogens with one attached hydrogen (secondary N) is 2. The average Bonchev–Trinajstić information content (AvgIpc) is 2.90. The average molecular weight is 342 g/mol. The summed E-state index contributed by atoms with van der Waals surface area (Å²) in [5.41, 5.74) is 5.04. The van der Waals surface area contributed by atoms with Gasteiger partial charge in [0.1, 0.15) is 0 Å². The molecule has 2 N–H and O–H groups in total. The minimum atomic E-state index is -0.229. The standard InChI is InChI=1S/C16H12BrN3O/c17-13-6-7-15-14(8-13)12(9-18-15)10-19-20-16(21)11-4-2-1-3-5-11/h1-10,18H,(H,20,21)/b19-10+. The summed E-state index contributed by atoms with van der Waals surface area (Å²) in [6.07, 6.45) is 3.49. The number of nitrogens with zero attached hydrogens (tertiary/aromatic N) is 1. The van der Waals surface area contributed by atoms with E-state index in [2.05, 4.69) is 31.4 Å². The molecule has 1 amide bonds. The summed E-state index contributed by atoms with van der Waals surface area (Å²) in [6, 6.07) is 14.9. The summed E-state index contributed by atoms with van der Waals surface area (Å²) in [6.45, 7) is 0. The van der Waals surface area contributed by atoms with E-state index in [9.17, 15) is 4.79 Å². The van der Waals surface area contributed by atoms with Crippen LogP contribution in [0.25, 0.3) is 10.9 Å². The molecule has 0 fully saturated rings. The van der Waals surface area contributed by atoms with E-state index >= 15 is 0 Å². The number of H-pyrrole nitrogens is 1. The van der Waals surface area contributed by atoms with Crippen LogP contribution in [0.5, 0.6) is 0 Å². The van der Waals surface area contributed by atoms with E-state index in [1.807, 2.05) is 42.6 Å². The predicted octanol–water partition coefficient (Wildman–Crippen LogP) is 3.69. The Bertz CT molecular complexity index is 809. The predicted molar refractivity (Wildman–Crippen MR) is 87.5 cm³/mol. The zero-order valence-electron chi connectivity index (χ0n) is 11.0. The number of hydrazone groups is 1. The fourth-order valence-corrected chi connectivity index (χ4v) is 2.40. The van der Waals surface area contributed by atoms with Gasteiger partial charge in [-0.2, -0.15) is 5.10 Å². The Labute approximate surface area is 130 Å². The Morgan fingerprint density at radius 2 is 2.00 bits per heavy atom. The Kier molecular flexibility index (Phi) is 3.83. The van der Waals surface area contributed by atoms with Gasteiger partial charge in [0.2, 0.25) is 0 Å². The highest BCUT2D eigenvalue weighted by molar-refractivity contribution is 9.10. The molecule has 104 valence electrons. The first-order chi connectivity index (χ1) is 10.2. The Balaban J connectivity index is 1.76. The topological polar surface area (TPSA) is 57.2 Å². The normalized spacial score (nSPS) is 11.1. The van der Waals surface area contributed by atoms with Crippen molar-refractivity contribution in [1.29, 1.82) is 0 Å². The van der Waals surface area contributed by atoms with E-state index in [-0.39, 0.29) is 5.91 Å². The summed E-state index contributed by atoms with van der Waals surface area (Å²) < 4.78 is 0.998. The fraction of sp³-hybridized carbons (Fsp3) is 0. The lowest BCUT2D eigenvalue weighted by molar-refractivity contribution is 0.0955. The van der Waals surface area contributed by atoms with Crippen molar-refractivity contribution in [3.8, 4) is 0 Å². The van der Waals surface area contributed by atoms with Gasteiger partial charge in [0.25, 0.3) is 5.91 Å². The van der Waals surface area contributed by atoms with Crippen LogP contribution < -0.4 is 5.43 Å². The summed E-state index contributed by atoms with van der Waals surface area (Å²) in [5, 5.41) is 5.05. The van der Waals surface area contributed by atoms with Crippen LogP contribution >= 0.6 is 15.9 Å². The van der Waals surface area contributed by atoms with E-state index in [1.165, 1.54) is 0 Å². The third-order valence-corrected chi connectivity index (χ3v) is 3.57. The second kappa shape index (κ2) is 5.93. The van der Waals surface area contributed by atoms with Gasteiger partial charge < -0.3 is 4.98 Å². The Hall–Kier alpha value is -2.40. The zero-order valence-corrected chi connectivity index (χ0v) is 12.6. The van der Waals surface area contributed by atoms with Gasteiger partial charge in [0, 0.05) is 32.7 Å². The van der Waals surface area contributed by atoms with Gasteiger partial charge in [-0.3, -0.25) is 4.79 Å². The number of hydrogen-bond acceptors (Lipinski definition) is 2. The molecule has 3 aromatic rings. The molecule has 0 aliphatic rings.